The SMILES string of the molecule is CCOC(=O)c1[nH]c(C)c(C(=O)N2CCN(S(=O)(=O)c3ccc(Cl)c(Cl)c3)CC2)c1C. The van der Waals surface area contributed by atoms with Gasteiger partial charge in [-0.05, 0) is 44.5 Å². The molecule has 1 amide bonds. The van der Waals surface area contributed by atoms with Crippen LogP contribution >= 0.6 is 23.2 Å². The molecule has 0 radical (unpaired) electrons. The van der Waals surface area contributed by atoms with Crippen molar-refractivity contribution in [3.63, 3.8) is 0 Å². The van der Waals surface area contributed by atoms with E-state index in [1.807, 2.05) is 0 Å². The summed E-state index contributed by atoms with van der Waals surface area (Å²) in [7, 11) is -3.76. The van der Waals surface area contributed by atoms with Gasteiger partial charge in [-0.25, -0.2) is 13.2 Å². The molecule has 0 bridgehead atoms. The largest absolute Gasteiger partial charge is 0.461 e. The summed E-state index contributed by atoms with van der Waals surface area (Å²) in [6, 6.07) is 4.17. The van der Waals surface area contributed by atoms with Crippen LogP contribution in [0.2, 0.25) is 10.0 Å². The summed E-state index contributed by atoms with van der Waals surface area (Å²) in [6.45, 7) is 6.07. The first-order chi connectivity index (χ1) is 14.6. The van der Waals surface area contributed by atoms with Crippen LogP contribution < -0.4 is 0 Å². The van der Waals surface area contributed by atoms with Gasteiger partial charge in [0, 0.05) is 31.9 Å². The molecule has 1 fully saturated rings. The molecule has 1 aliphatic rings. The number of sulfonamides is 1. The summed E-state index contributed by atoms with van der Waals surface area (Å²) in [5, 5.41) is 0.433. The van der Waals surface area contributed by atoms with E-state index in [0.29, 0.717) is 16.8 Å². The summed E-state index contributed by atoms with van der Waals surface area (Å²) in [5.41, 5.74) is 1.75. The maximum atomic E-state index is 13.1. The standard InChI is InChI=1S/C20H23Cl2N3O5S/c1-4-30-20(27)18-12(2)17(13(3)23-18)19(26)24-7-9-25(10-8-24)31(28,29)14-5-6-15(21)16(22)11-14/h5-6,11,23H,4,7-10H2,1-3H3. The van der Waals surface area contributed by atoms with Crippen molar-refractivity contribution >= 4 is 45.1 Å². The lowest BCUT2D eigenvalue weighted by Gasteiger charge is -2.34. The quantitative estimate of drug-likeness (QED) is 0.652. The van der Waals surface area contributed by atoms with Gasteiger partial charge in [0.05, 0.1) is 27.1 Å². The van der Waals surface area contributed by atoms with E-state index in [-0.39, 0.29) is 59.3 Å². The summed E-state index contributed by atoms with van der Waals surface area (Å²) >= 11 is 11.8. The minimum Gasteiger partial charge on any atom is -0.461 e. The zero-order valence-corrected chi connectivity index (χ0v) is 19.7. The molecule has 168 valence electrons. The van der Waals surface area contributed by atoms with Gasteiger partial charge < -0.3 is 14.6 Å². The third-order valence-electron chi connectivity index (χ3n) is 5.19. The van der Waals surface area contributed by atoms with Crippen LogP contribution in [0.3, 0.4) is 0 Å². The van der Waals surface area contributed by atoms with Crippen molar-refractivity contribution < 1.29 is 22.7 Å². The van der Waals surface area contributed by atoms with Gasteiger partial charge in [0.15, 0.2) is 0 Å². The highest BCUT2D eigenvalue weighted by molar-refractivity contribution is 7.89. The third kappa shape index (κ3) is 4.59. The lowest BCUT2D eigenvalue weighted by atomic mass is 10.1. The van der Waals surface area contributed by atoms with Crippen molar-refractivity contribution in [3.8, 4) is 0 Å². The monoisotopic (exact) mass is 487 g/mol. The van der Waals surface area contributed by atoms with E-state index in [1.54, 1.807) is 25.7 Å². The number of aryl methyl sites for hydroxylation is 1. The van der Waals surface area contributed by atoms with Crippen LogP contribution in [0.4, 0.5) is 0 Å². The fourth-order valence-electron chi connectivity index (χ4n) is 3.55. The molecule has 0 saturated carbocycles. The summed E-state index contributed by atoms with van der Waals surface area (Å²) < 4.78 is 32.2. The maximum Gasteiger partial charge on any atom is 0.355 e. The van der Waals surface area contributed by atoms with Crippen molar-refractivity contribution in [1.82, 2.24) is 14.2 Å². The predicted octanol–water partition coefficient (Wildman–Crippen LogP) is 3.26. The number of aromatic nitrogens is 1. The molecule has 1 aromatic carbocycles. The minimum absolute atomic E-state index is 0.0538. The van der Waals surface area contributed by atoms with Crippen molar-refractivity contribution in [2.45, 2.75) is 25.7 Å². The molecule has 2 aromatic rings. The maximum absolute atomic E-state index is 13.1. The Labute approximate surface area is 191 Å². The Hall–Kier alpha value is -2.07. The number of nitrogens with zero attached hydrogens (tertiary/aromatic N) is 2. The molecule has 0 spiro atoms. The highest BCUT2D eigenvalue weighted by Crippen LogP contribution is 2.27. The molecule has 0 atom stereocenters. The van der Waals surface area contributed by atoms with E-state index in [4.69, 9.17) is 27.9 Å². The zero-order chi connectivity index (χ0) is 22.9. The molecular formula is C20H23Cl2N3O5S. The first kappa shape index (κ1) is 23.6. The van der Waals surface area contributed by atoms with Gasteiger partial charge in [-0.15, -0.1) is 0 Å². The molecule has 11 heteroatoms. The summed E-state index contributed by atoms with van der Waals surface area (Å²) in [5.74, 6) is -0.770. The van der Waals surface area contributed by atoms with E-state index in [1.165, 1.54) is 22.5 Å². The molecule has 1 N–H and O–H groups in total. The highest BCUT2D eigenvalue weighted by Gasteiger charge is 2.33. The van der Waals surface area contributed by atoms with E-state index < -0.39 is 16.0 Å². The summed E-state index contributed by atoms with van der Waals surface area (Å²) in [4.78, 5) is 29.8. The van der Waals surface area contributed by atoms with Crippen molar-refractivity contribution in [2.75, 3.05) is 32.8 Å². The molecule has 1 aliphatic heterocycles. The molecule has 8 nitrogen and oxygen atoms in total. The van der Waals surface area contributed by atoms with E-state index in [0.717, 1.165) is 0 Å². The lowest BCUT2D eigenvalue weighted by molar-refractivity contribution is 0.0519. The minimum atomic E-state index is -3.76. The van der Waals surface area contributed by atoms with Crippen LogP contribution in [0.15, 0.2) is 23.1 Å². The van der Waals surface area contributed by atoms with Gasteiger partial charge in [0.2, 0.25) is 10.0 Å². The van der Waals surface area contributed by atoms with Gasteiger partial charge in [-0.3, -0.25) is 4.79 Å². The van der Waals surface area contributed by atoms with Crippen molar-refractivity contribution in [3.05, 3.63) is 50.8 Å². The Morgan fingerprint density at radius 1 is 1.10 bits per heavy atom. The number of amides is 1. The van der Waals surface area contributed by atoms with Crippen molar-refractivity contribution in [1.29, 1.82) is 0 Å². The van der Waals surface area contributed by atoms with Gasteiger partial charge in [0.1, 0.15) is 5.69 Å². The number of aromatic amines is 1. The van der Waals surface area contributed by atoms with Crippen LogP contribution in [0.25, 0.3) is 0 Å². The fourth-order valence-corrected chi connectivity index (χ4v) is 5.37. The second kappa shape index (κ2) is 9.20. The third-order valence-corrected chi connectivity index (χ3v) is 7.82. The smallest absolute Gasteiger partial charge is 0.355 e. The molecule has 1 saturated heterocycles. The molecule has 31 heavy (non-hydrogen) atoms. The molecular weight excluding hydrogens is 465 g/mol. The number of carbonyl (C=O) groups excluding carboxylic acids is 2. The summed E-state index contributed by atoms with van der Waals surface area (Å²) in [6.07, 6.45) is 0. The fraction of sp³-hybridized carbons (Fsp3) is 0.400. The van der Waals surface area contributed by atoms with E-state index >= 15 is 0 Å². The number of H-pyrrole nitrogens is 1. The topological polar surface area (TPSA) is 99.8 Å². The Morgan fingerprint density at radius 2 is 1.74 bits per heavy atom. The normalized spacial score (nSPS) is 15.2. The number of piperazine rings is 1. The molecule has 3 rings (SSSR count). The second-order valence-electron chi connectivity index (χ2n) is 7.12. The Kier molecular flexibility index (Phi) is 7.00. The second-order valence-corrected chi connectivity index (χ2v) is 9.87. The molecule has 0 aliphatic carbocycles. The number of esters is 1. The number of benzene rings is 1. The van der Waals surface area contributed by atoms with Crippen molar-refractivity contribution in [2.24, 2.45) is 0 Å². The van der Waals surface area contributed by atoms with Gasteiger partial charge in [-0.1, -0.05) is 23.2 Å². The number of ether oxygens (including phenoxy) is 1. The number of nitrogens with one attached hydrogen (secondary N) is 1. The van der Waals surface area contributed by atoms with Crippen LogP contribution in [-0.4, -0.2) is 67.3 Å². The predicted molar refractivity (Wildman–Crippen MR) is 117 cm³/mol. The molecule has 0 unspecified atom stereocenters. The highest BCUT2D eigenvalue weighted by atomic mass is 35.5. The van der Waals surface area contributed by atoms with Gasteiger partial charge >= 0.3 is 5.97 Å². The number of hydrogen-bond donors (Lipinski definition) is 1. The van der Waals surface area contributed by atoms with Crippen LogP contribution in [0, 0.1) is 13.8 Å². The van der Waals surface area contributed by atoms with Crippen LogP contribution in [0.1, 0.15) is 39.0 Å². The van der Waals surface area contributed by atoms with E-state index in [9.17, 15) is 18.0 Å². The van der Waals surface area contributed by atoms with Crippen LogP contribution in [-0.2, 0) is 14.8 Å². The Morgan fingerprint density at radius 3 is 2.32 bits per heavy atom. The number of rotatable bonds is 5. The average Bonchev–Trinajstić information content (AvgIpc) is 3.03. The number of halogens is 2. The Bertz CT molecular complexity index is 1120. The van der Waals surface area contributed by atoms with Gasteiger partial charge in [-0.2, -0.15) is 4.31 Å². The number of hydrogen-bond acceptors (Lipinski definition) is 5. The van der Waals surface area contributed by atoms with E-state index in [2.05, 4.69) is 4.98 Å². The first-order valence-corrected chi connectivity index (χ1v) is 11.9. The first-order valence-electron chi connectivity index (χ1n) is 9.68. The number of carbonyl (C=O) groups is 2. The molecule has 1 aromatic heterocycles. The van der Waals surface area contributed by atoms with Gasteiger partial charge in [0.25, 0.3) is 5.91 Å². The zero-order valence-electron chi connectivity index (χ0n) is 17.4. The molecule has 2 heterocycles. The van der Waals surface area contributed by atoms with Crippen LogP contribution in [0.5, 0.6) is 0 Å². The average molecular weight is 488 g/mol. The lowest BCUT2D eigenvalue weighted by Crippen LogP contribution is -2.50. The Balaban J connectivity index is 1.74.